The van der Waals surface area contributed by atoms with E-state index < -0.39 is 0 Å². The van der Waals surface area contributed by atoms with Gasteiger partial charge in [0.05, 0.1) is 0 Å². The molecule has 0 bridgehead atoms. The van der Waals surface area contributed by atoms with Crippen LogP contribution in [0.5, 0.6) is 0 Å². The fraction of sp³-hybridized carbons (Fsp3) is 0.500. The van der Waals surface area contributed by atoms with Gasteiger partial charge in [-0.05, 0) is 32.0 Å². The molecule has 0 saturated carbocycles. The molecule has 0 aromatic heterocycles. The third-order valence-corrected chi connectivity index (χ3v) is 3.38. The van der Waals surface area contributed by atoms with E-state index in [1.54, 1.807) is 17.8 Å². The average Bonchev–Trinajstić information content (AvgIpc) is 2.25. The number of rotatable bonds is 6. The highest BCUT2D eigenvalue weighted by atomic mass is 32.2. The summed E-state index contributed by atoms with van der Waals surface area (Å²) in [6.45, 7) is 5.30. The molecule has 1 rings (SSSR count). The third-order valence-electron chi connectivity index (χ3n) is 2.07. The van der Waals surface area contributed by atoms with Gasteiger partial charge in [0.1, 0.15) is 5.82 Å². The van der Waals surface area contributed by atoms with Crippen molar-refractivity contribution in [1.29, 1.82) is 0 Å². The Bertz CT molecular complexity index is 291. The van der Waals surface area contributed by atoms with Crippen LogP contribution in [-0.4, -0.2) is 18.3 Å². The summed E-state index contributed by atoms with van der Waals surface area (Å²) in [6.07, 6.45) is 1.13. The molecule has 0 radical (unpaired) electrons. The molecule has 1 N–H and O–H groups in total. The van der Waals surface area contributed by atoms with Crippen molar-refractivity contribution in [3.63, 3.8) is 0 Å². The van der Waals surface area contributed by atoms with Crippen LogP contribution in [0.4, 0.5) is 4.39 Å². The van der Waals surface area contributed by atoms with Gasteiger partial charge in [-0.3, -0.25) is 0 Å². The van der Waals surface area contributed by atoms with Crippen LogP contribution in [0.25, 0.3) is 0 Å². The van der Waals surface area contributed by atoms with Crippen LogP contribution in [-0.2, 0) is 0 Å². The van der Waals surface area contributed by atoms with E-state index in [0.717, 1.165) is 23.6 Å². The standard InChI is InChI=1S/C12H18FNS/c1-3-8-14-10(2)9-15-12-7-5-4-6-11(12)13/h4-7,10,14H,3,8-9H2,1-2H3. The molecule has 0 aliphatic carbocycles. The lowest BCUT2D eigenvalue weighted by Crippen LogP contribution is -2.28. The first-order valence-electron chi connectivity index (χ1n) is 5.34. The molecular weight excluding hydrogens is 209 g/mol. The van der Waals surface area contributed by atoms with Gasteiger partial charge in [0.15, 0.2) is 0 Å². The quantitative estimate of drug-likeness (QED) is 0.748. The number of hydrogen-bond donors (Lipinski definition) is 1. The second-order valence-electron chi connectivity index (χ2n) is 3.60. The number of halogens is 1. The van der Waals surface area contributed by atoms with Gasteiger partial charge in [0, 0.05) is 16.7 Å². The van der Waals surface area contributed by atoms with Crippen molar-refractivity contribution in [3.05, 3.63) is 30.1 Å². The minimum Gasteiger partial charge on any atom is -0.313 e. The monoisotopic (exact) mass is 227 g/mol. The summed E-state index contributed by atoms with van der Waals surface area (Å²) in [6, 6.07) is 7.35. The predicted molar refractivity (Wildman–Crippen MR) is 64.9 cm³/mol. The Hall–Kier alpha value is -0.540. The highest BCUT2D eigenvalue weighted by molar-refractivity contribution is 7.99. The van der Waals surface area contributed by atoms with Crippen LogP contribution in [0.1, 0.15) is 20.3 Å². The molecule has 15 heavy (non-hydrogen) atoms. The topological polar surface area (TPSA) is 12.0 Å². The predicted octanol–water partition coefficient (Wildman–Crippen LogP) is 3.31. The molecule has 1 atom stereocenters. The van der Waals surface area contributed by atoms with Crippen molar-refractivity contribution in [3.8, 4) is 0 Å². The maximum Gasteiger partial charge on any atom is 0.136 e. The Morgan fingerprint density at radius 1 is 1.40 bits per heavy atom. The summed E-state index contributed by atoms with van der Waals surface area (Å²) in [5.74, 6) is 0.784. The molecule has 1 unspecified atom stereocenters. The van der Waals surface area contributed by atoms with Crippen LogP contribution in [0.2, 0.25) is 0 Å². The summed E-state index contributed by atoms with van der Waals surface area (Å²) in [4.78, 5) is 0.739. The minimum absolute atomic E-state index is 0.120. The molecule has 84 valence electrons. The van der Waals surface area contributed by atoms with E-state index in [2.05, 4.69) is 19.2 Å². The highest BCUT2D eigenvalue weighted by Crippen LogP contribution is 2.21. The fourth-order valence-electron chi connectivity index (χ4n) is 1.23. The molecule has 0 aliphatic heterocycles. The van der Waals surface area contributed by atoms with Crippen molar-refractivity contribution in [2.75, 3.05) is 12.3 Å². The van der Waals surface area contributed by atoms with Gasteiger partial charge in [0.25, 0.3) is 0 Å². The normalized spacial score (nSPS) is 12.7. The van der Waals surface area contributed by atoms with Gasteiger partial charge in [0.2, 0.25) is 0 Å². The van der Waals surface area contributed by atoms with Gasteiger partial charge in [-0.15, -0.1) is 11.8 Å². The van der Waals surface area contributed by atoms with Crippen molar-refractivity contribution >= 4 is 11.8 Å². The van der Waals surface area contributed by atoms with Gasteiger partial charge in [-0.25, -0.2) is 4.39 Å². The average molecular weight is 227 g/mol. The molecule has 1 aromatic carbocycles. The van der Waals surface area contributed by atoms with Crippen molar-refractivity contribution in [1.82, 2.24) is 5.32 Å². The molecule has 0 amide bonds. The SMILES string of the molecule is CCCNC(C)CSc1ccccc1F. The summed E-state index contributed by atoms with van der Waals surface area (Å²) in [5.41, 5.74) is 0. The molecule has 0 heterocycles. The lowest BCUT2D eigenvalue weighted by molar-refractivity contribution is 0.586. The lowest BCUT2D eigenvalue weighted by Gasteiger charge is -2.12. The van der Waals surface area contributed by atoms with E-state index in [-0.39, 0.29) is 5.82 Å². The first-order chi connectivity index (χ1) is 7.24. The van der Waals surface area contributed by atoms with Gasteiger partial charge in [-0.1, -0.05) is 19.1 Å². The summed E-state index contributed by atoms with van der Waals surface area (Å²) >= 11 is 1.57. The first kappa shape index (κ1) is 12.5. The molecule has 0 aliphatic rings. The van der Waals surface area contributed by atoms with E-state index in [0.29, 0.717) is 6.04 Å². The second-order valence-corrected chi connectivity index (χ2v) is 4.66. The second kappa shape index (κ2) is 6.85. The van der Waals surface area contributed by atoms with Crippen LogP contribution < -0.4 is 5.32 Å². The van der Waals surface area contributed by atoms with Gasteiger partial charge < -0.3 is 5.32 Å². The van der Waals surface area contributed by atoms with Crippen molar-refractivity contribution in [2.24, 2.45) is 0 Å². The van der Waals surface area contributed by atoms with E-state index in [9.17, 15) is 4.39 Å². The summed E-state index contributed by atoms with van der Waals surface area (Å²) < 4.78 is 13.3. The van der Waals surface area contributed by atoms with Gasteiger partial charge >= 0.3 is 0 Å². The smallest absolute Gasteiger partial charge is 0.136 e. The number of benzene rings is 1. The largest absolute Gasteiger partial charge is 0.313 e. The molecule has 1 nitrogen and oxygen atoms in total. The van der Waals surface area contributed by atoms with Crippen molar-refractivity contribution in [2.45, 2.75) is 31.2 Å². The zero-order valence-corrected chi connectivity index (χ0v) is 10.1. The molecule has 0 fully saturated rings. The number of nitrogens with one attached hydrogen (secondary N) is 1. The number of hydrogen-bond acceptors (Lipinski definition) is 2. The van der Waals surface area contributed by atoms with Crippen LogP contribution >= 0.6 is 11.8 Å². The minimum atomic E-state index is -0.120. The van der Waals surface area contributed by atoms with Crippen molar-refractivity contribution < 1.29 is 4.39 Å². The molecular formula is C12H18FNS. The molecule has 3 heteroatoms. The van der Waals surface area contributed by atoms with E-state index in [4.69, 9.17) is 0 Å². The van der Waals surface area contributed by atoms with Crippen LogP contribution in [0.15, 0.2) is 29.2 Å². The van der Waals surface area contributed by atoms with E-state index in [1.165, 1.54) is 6.07 Å². The van der Waals surface area contributed by atoms with E-state index >= 15 is 0 Å². The Balaban J connectivity index is 2.33. The van der Waals surface area contributed by atoms with E-state index in [1.807, 2.05) is 12.1 Å². The Kier molecular flexibility index (Phi) is 5.73. The highest BCUT2D eigenvalue weighted by Gasteiger charge is 2.04. The summed E-state index contributed by atoms with van der Waals surface area (Å²) in [5, 5.41) is 3.38. The zero-order chi connectivity index (χ0) is 11.1. The maximum atomic E-state index is 13.3. The van der Waals surface area contributed by atoms with Crippen LogP contribution in [0, 0.1) is 5.82 Å². The first-order valence-corrected chi connectivity index (χ1v) is 6.33. The van der Waals surface area contributed by atoms with Gasteiger partial charge in [-0.2, -0.15) is 0 Å². The Morgan fingerprint density at radius 2 is 2.13 bits per heavy atom. The molecule has 1 aromatic rings. The van der Waals surface area contributed by atoms with Crippen LogP contribution in [0.3, 0.4) is 0 Å². The molecule has 0 saturated heterocycles. The molecule has 0 spiro atoms. The fourth-order valence-corrected chi connectivity index (χ4v) is 2.15. The lowest BCUT2D eigenvalue weighted by atomic mass is 10.3. The number of thioether (sulfide) groups is 1. The summed E-state index contributed by atoms with van der Waals surface area (Å²) in [7, 11) is 0. The Labute approximate surface area is 95.5 Å². The zero-order valence-electron chi connectivity index (χ0n) is 9.29. The third kappa shape index (κ3) is 4.67. The maximum absolute atomic E-state index is 13.3. The Morgan fingerprint density at radius 3 is 2.80 bits per heavy atom.